The van der Waals surface area contributed by atoms with Crippen LogP contribution in [0.5, 0.6) is 17.2 Å². The Bertz CT molecular complexity index is 682. The molecular weight excluding hydrogens is 292 g/mol. The molecule has 0 bridgehead atoms. The fraction of sp³-hybridized carbons (Fsp3) is 0.214. The van der Waals surface area contributed by atoms with E-state index in [1.165, 1.54) is 39.7 Å². The molecule has 8 nitrogen and oxygen atoms in total. The highest BCUT2D eigenvalue weighted by Gasteiger charge is 2.13. The molecule has 0 saturated heterocycles. The van der Waals surface area contributed by atoms with Crippen molar-refractivity contribution >= 4 is 17.8 Å². The second-order valence-electron chi connectivity index (χ2n) is 4.07. The summed E-state index contributed by atoms with van der Waals surface area (Å²) in [4.78, 5) is 14.1. The van der Waals surface area contributed by atoms with Crippen LogP contribution in [0.1, 0.15) is 5.76 Å². The highest BCUT2D eigenvalue weighted by molar-refractivity contribution is 5.79. The number of nitro groups is 1. The molecule has 0 N–H and O–H groups in total. The van der Waals surface area contributed by atoms with Crippen LogP contribution in [0.2, 0.25) is 0 Å². The molecule has 0 fully saturated rings. The Labute approximate surface area is 126 Å². The molecule has 0 aliphatic heterocycles. The molecule has 116 valence electrons. The first-order valence-electron chi connectivity index (χ1n) is 6.17. The lowest BCUT2D eigenvalue weighted by atomic mass is 10.2. The first-order valence-corrected chi connectivity index (χ1v) is 6.17. The van der Waals surface area contributed by atoms with Gasteiger partial charge in [-0.3, -0.25) is 15.1 Å². The summed E-state index contributed by atoms with van der Waals surface area (Å²) in [5, 5.41) is 10.5. The Kier molecular flexibility index (Phi) is 4.62. The maximum absolute atomic E-state index is 10.5. The molecule has 0 unspecified atom stereocenters. The van der Waals surface area contributed by atoms with Crippen molar-refractivity contribution in [1.82, 2.24) is 0 Å². The van der Waals surface area contributed by atoms with Crippen LogP contribution < -0.4 is 14.2 Å². The Hall–Kier alpha value is -3.03. The first-order chi connectivity index (χ1) is 10.6. The molecule has 0 aliphatic rings. The minimum absolute atomic E-state index is 0.264. The van der Waals surface area contributed by atoms with Gasteiger partial charge in [0.05, 0.1) is 39.3 Å². The average molecular weight is 306 g/mol. The Morgan fingerprint density at radius 3 is 2.23 bits per heavy atom. The third kappa shape index (κ3) is 3.17. The molecule has 22 heavy (non-hydrogen) atoms. The monoisotopic (exact) mass is 306 g/mol. The topological polar surface area (TPSA) is 96.3 Å². The van der Waals surface area contributed by atoms with Gasteiger partial charge >= 0.3 is 5.88 Å². The summed E-state index contributed by atoms with van der Waals surface area (Å²) in [5.74, 6) is 1.29. The molecule has 2 rings (SSSR count). The number of aliphatic imine (C=N–C) groups is 1. The zero-order valence-electron chi connectivity index (χ0n) is 12.2. The van der Waals surface area contributed by atoms with Crippen molar-refractivity contribution in [2.45, 2.75) is 0 Å². The molecule has 1 aromatic carbocycles. The van der Waals surface area contributed by atoms with E-state index in [1.807, 2.05) is 0 Å². The molecule has 0 saturated carbocycles. The van der Waals surface area contributed by atoms with Crippen LogP contribution in [0.4, 0.5) is 11.6 Å². The fourth-order valence-corrected chi connectivity index (χ4v) is 1.79. The van der Waals surface area contributed by atoms with Crippen molar-refractivity contribution in [3.63, 3.8) is 0 Å². The van der Waals surface area contributed by atoms with Gasteiger partial charge < -0.3 is 18.6 Å². The molecule has 0 aliphatic carbocycles. The Morgan fingerprint density at radius 1 is 1.14 bits per heavy atom. The van der Waals surface area contributed by atoms with Crippen LogP contribution in [0, 0.1) is 10.1 Å². The lowest BCUT2D eigenvalue weighted by Crippen LogP contribution is -1.94. The molecule has 8 heteroatoms. The summed E-state index contributed by atoms with van der Waals surface area (Å²) < 4.78 is 20.6. The molecule has 1 aromatic heterocycles. The van der Waals surface area contributed by atoms with Gasteiger partial charge in [0.25, 0.3) is 0 Å². The van der Waals surface area contributed by atoms with Crippen LogP contribution in [0.25, 0.3) is 0 Å². The van der Waals surface area contributed by atoms with E-state index in [2.05, 4.69) is 4.99 Å². The highest BCUT2D eigenvalue weighted by Crippen LogP contribution is 2.40. The van der Waals surface area contributed by atoms with Crippen LogP contribution in [-0.4, -0.2) is 32.5 Å². The maximum atomic E-state index is 10.5. The van der Waals surface area contributed by atoms with Gasteiger partial charge in [-0.2, -0.15) is 0 Å². The van der Waals surface area contributed by atoms with Crippen LogP contribution in [-0.2, 0) is 0 Å². The summed E-state index contributed by atoms with van der Waals surface area (Å²) in [7, 11) is 4.51. The number of rotatable bonds is 6. The molecule has 2 aromatic rings. The lowest BCUT2D eigenvalue weighted by Gasteiger charge is -2.12. The quantitative estimate of drug-likeness (QED) is 0.462. The number of nitrogens with zero attached hydrogens (tertiary/aromatic N) is 2. The van der Waals surface area contributed by atoms with E-state index in [-0.39, 0.29) is 11.6 Å². The van der Waals surface area contributed by atoms with E-state index >= 15 is 0 Å². The van der Waals surface area contributed by atoms with E-state index in [1.54, 1.807) is 12.1 Å². The minimum Gasteiger partial charge on any atom is -0.493 e. The third-order valence-corrected chi connectivity index (χ3v) is 2.78. The van der Waals surface area contributed by atoms with Crippen molar-refractivity contribution in [1.29, 1.82) is 0 Å². The number of ether oxygens (including phenoxy) is 3. The number of methoxy groups -OCH3 is 3. The number of furan rings is 1. The third-order valence-electron chi connectivity index (χ3n) is 2.78. The summed E-state index contributed by atoms with van der Waals surface area (Å²) in [6.07, 6.45) is 1.37. The van der Waals surface area contributed by atoms with E-state index in [4.69, 9.17) is 18.6 Å². The molecular formula is C14H14N2O6. The average Bonchev–Trinajstić information content (AvgIpc) is 3.00. The standard InChI is InChI=1S/C14H14N2O6/c1-19-11-6-9(7-12(20-2)14(11)21-3)15-8-10-4-5-13(22-10)16(17)18/h4-8H,1-3H3. The first kappa shape index (κ1) is 15.4. The Morgan fingerprint density at radius 2 is 1.77 bits per heavy atom. The molecule has 1 heterocycles. The van der Waals surface area contributed by atoms with Crippen molar-refractivity contribution in [2.24, 2.45) is 4.99 Å². The number of hydrogen-bond acceptors (Lipinski definition) is 7. The van der Waals surface area contributed by atoms with E-state index in [0.717, 1.165) is 0 Å². The second-order valence-corrected chi connectivity index (χ2v) is 4.07. The van der Waals surface area contributed by atoms with Gasteiger partial charge in [0.1, 0.15) is 4.92 Å². The van der Waals surface area contributed by atoms with Gasteiger partial charge in [0, 0.05) is 12.1 Å². The summed E-state index contributed by atoms with van der Waals surface area (Å²) in [6.45, 7) is 0. The minimum atomic E-state index is -0.614. The SMILES string of the molecule is COc1cc(N=Cc2ccc([N+](=O)[O-])o2)cc(OC)c1OC. The predicted octanol–water partition coefficient (Wildman–Crippen LogP) is 2.96. The van der Waals surface area contributed by atoms with Crippen LogP contribution in [0.3, 0.4) is 0 Å². The fourth-order valence-electron chi connectivity index (χ4n) is 1.79. The van der Waals surface area contributed by atoms with Crippen LogP contribution >= 0.6 is 0 Å². The van der Waals surface area contributed by atoms with Crippen molar-refractivity contribution in [3.8, 4) is 17.2 Å². The normalized spacial score (nSPS) is 10.7. The van der Waals surface area contributed by atoms with E-state index in [9.17, 15) is 10.1 Å². The van der Waals surface area contributed by atoms with Gasteiger partial charge in [0.15, 0.2) is 17.3 Å². The Balaban J connectivity index is 2.31. The predicted molar refractivity (Wildman–Crippen MR) is 78.7 cm³/mol. The van der Waals surface area contributed by atoms with Gasteiger partial charge in [-0.05, 0) is 6.07 Å². The smallest absolute Gasteiger partial charge is 0.433 e. The van der Waals surface area contributed by atoms with Crippen molar-refractivity contribution in [3.05, 3.63) is 40.1 Å². The molecule has 0 amide bonds. The largest absolute Gasteiger partial charge is 0.493 e. The van der Waals surface area contributed by atoms with E-state index in [0.29, 0.717) is 22.9 Å². The summed E-state index contributed by atoms with van der Waals surface area (Å²) in [5.41, 5.74) is 0.522. The summed E-state index contributed by atoms with van der Waals surface area (Å²) >= 11 is 0. The van der Waals surface area contributed by atoms with Crippen molar-refractivity contribution in [2.75, 3.05) is 21.3 Å². The maximum Gasteiger partial charge on any atom is 0.433 e. The number of hydrogen-bond donors (Lipinski definition) is 0. The zero-order chi connectivity index (χ0) is 16.1. The highest BCUT2D eigenvalue weighted by atomic mass is 16.6. The molecule has 0 atom stereocenters. The van der Waals surface area contributed by atoms with Crippen molar-refractivity contribution < 1.29 is 23.6 Å². The summed E-state index contributed by atoms with van der Waals surface area (Å²) in [6, 6.07) is 6.01. The van der Waals surface area contributed by atoms with Crippen LogP contribution in [0.15, 0.2) is 33.7 Å². The lowest BCUT2D eigenvalue weighted by molar-refractivity contribution is -0.402. The van der Waals surface area contributed by atoms with Gasteiger partial charge in [-0.25, -0.2) is 0 Å². The van der Waals surface area contributed by atoms with Gasteiger partial charge in [-0.1, -0.05) is 0 Å². The second kappa shape index (κ2) is 6.61. The zero-order valence-corrected chi connectivity index (χ0v) is 12.2. The van der Waals surface area contributed by atoms with Gasteiger partial charge in [0.2, 0.25) is 5.75 Å². The van der Waals surface area contributed by atoms with Gasteiger partial charge in [-0.15, -0.1) is 0 Å². The molecule has 0 radical (unpaired) electrons. The number of benzene rings is 1. The van der Waals surface area contributed by atoms with E-state index < -0.39 is 4.92 Å². The molecule has 0 spiro atoms.